The van der Waals surface area contributed by atoms with Gasteiger partial charge in [0.05, 0.1) is 19.3 Å². The Bertz CT molecular complexity index is 961. The second kappa shape index (κ2) is 16.1. The van der Waals surface area contributed by atoms with Gasteiger partial charge in [0.1, 0.15) is 12.6 Å². The molecular weight excluding hydrogens is 498 g/mol. The molecule has 1 aromatic carbocycles. The van der Waals surface area contributed by atoms with E-state index < -0.39 is 24.0 Å². The lowest BCUT2D eigenvalue weighted by atomic mass is 10.0. The fourth-order valence-corrected chi connectivity index (χ4v) is 3.88. The van der Waals surface area contributed by atoms with Crippen LogP contribution in [0.4, 0.5) is 4.79 Å². The van der Waals surface area contributed by atoms with Crippen molar-refractivity contribution in [2.24, 2.45) is 10.9 Å². The molecule has 0 saturated carbocycles. The van der Waals surface area contributed by atoms with E-state index in [2.05, 4.69) is 15.8 Å². The highest BCUT2D eigenvalue weighted by Crippen LogP contribution is 2.16. The maximum Gasteiger partial charge on any atom is 0.407 e. The van der Waals surface area contributed by atoms with E-state index in [1.54, 1.807) is 18.7 Å². The van der Waals surface area contributed by atoms with Crippen molar-refractivity contribution in [3.63, 3.8) is 0 Å². The number of hydrogen-bond donors (Lipinski definition) is 4. The summed E-state index contributed by atoms with van der Waals surface area (Å²) in [4.78, 5) is 51.0. The van der Waals surface area contributed by atoms with Gasteiger partial charge < -0.3 is 40.7 Å². The number of ether oxygens (including phenoxy) is 3. The minimum Gasteiger partial charge on any atom is -0.464 e. The zero-order valence-corrected chi connectivity index (χ0v) is 21.8. The van der Waals surface area contributed by atoms with E-state index in [4.69, 9.17) is 25.2 Å². The number of alkyl carbamates (subject to hydrolysis) is 1. The van der Waals surface area contributed by atoms with E-state index in [0.29, 0.717) is 49.9 Å². The summed E-state index contributed by atoms with van der Waals surface area (Å²) in [6, 6.07) is 5.26. The predicted molar refractivity (Wildman–Crippen MR) is 137 cm³/mol. The van der Waals surface area contributed by atoms with Crippen LogP contribution in [0.2, 0.25) is 0 Å². The highest BCUT2D eigenvalue weighted by Gasteiger charge is 2.30. The van der Waals surface area contributed by atoms with E-state index in [-0.39, 0.29) is 44.2 Å². The highest BCUT2D eigenvalue weighted by molar-refractivity contribution is 6.00. The molecule has 0 aromatic heterocycles. The third-order valence-electron chi connectivity index (χ3n) is 5.86. The van der Waals surface area contributed by atoms with Gasteiger partial charge in [0.2, 0.25) is 5.91 Å². The number of rotatable bonds is 13. The largest absolute Gasteiger partial charge is 0.464 e. The monoisotopic (exact) mass is 535 g/mol. The number of amides is 3. The van der Waals surface area contributed by atoms with Crippen LogP contribution < -0.4 is 16.4 Å². The first-order valence-corrected chi connectivity index (χ1v) is 12.6. The Morgan fingerprint density at radius 3 is 2.32 bits per heavy atom. The number of amidine groups is 1. The Labute approximate surface area is 221 Å². The fraction of sp³-hybridized carbons (Fsp3) is 0.560. The summed E-state index contributed by atoms with van der Waals surface area (Å²) in [7, 11) is 0. The van der Waals surface area contributed by atoms with Crippen molar-refractivity contribution in [1.82, 2.24) is 15.5 Å². The number of nitrogens with zero attached hydrogens (tertiary/aromatic N) is 2. The Morgan fingerprint density at radius 2 is 1.71 bits per heavy atom. The first-order chi connectivity index (χ1) is 18.3. The van der Waals surface area contributed by atoms with Gasteiger partial charge in [-0.3, -0.25) is 9.59 Å². The van der Waals surface area contributed by atoms with Crippen molar-refractivity contribution in [1.29, 1.82) is 0 Å². The molecule has 38 heavy (non-hydrogen) atoms. The number of piperidine rings is 1. The Kier molecular flexibility index (Phi) is 12.8. The molecule has 1 fully saturated rings. The van der Waals surface area contributed by atoms with Crippen LogP contribution in [0.1, 0.15) is 55.5 Å². The number of carbonyl (C=O) groups excluding carboxylic acids is 4. The molecule has 2 rings (SSSR count). The van der Waals surface area contributed by atoms with Crippen LogP contribution in [0.5, 0.6) is 0 Å². The number of nitrogens with two attached hydrogens (primary N) is 1. The van der Waals surface area contributed by atoms with Crippen molar-refractivity contribution >= 4 is 29.7 Å². The molecule has 1 aromatic rings. The minimum atomic E-state index is -0.827. The van der Waals surface area contributed by atoms with Gasteiger partial charge in [0.25, 0.3) is 5.91 Å². The molecule has 1 heterocycles. The molecule has 1 atom stereocenters. The van der Waals surface area contributed by atoms with Crippen molar-refractivity contribution in [2.75, 3.05) is 39.5 Å². The summed E-state index contributed by atoms with van der Waals surface area (Å²) in [6.45, 7) is 4.92. The third kappa shape index (κ3) is 9.88. The second-order valence-electron chi connectivity index (χ2n) is 8.52. The Hall–Kier alpha value is -3.87. The number of likely N-dealkylation sites (tertiary alicyclic amines) is 1. The second-order valence-corrected chi connectivity index (χ2v) is 8.52. The van der Waals surface area contributed by atoms with Crippen molar-refractivity contribution in [2.45, 2.75) is 51.7 Å². The molecule has 5 N–H and O–H groups in total. The summed E-state index contributed by atoms with van der Waals surface area (Å²) >= 11 is 0. The first-order valence-electron chi connectivity index (χ1n) is 12.6. The maximum absolute atomic E-state index is 13.4. The molecule has 0 radical (unpaired) electrons. The predicted octanol–water partition coefficient (Wildman–Crippen LogP) is 0.977. The smallest absolute Gasteiger partial charge is 0.407 e. The van der Waals surface area contributed by atoms with Gasteiger partial charge >= 0.3 is 12.1 Å². The summed E-state index contributed by atoms with van der Waals surface area (Å²) < 4.78 is 15.3. The summed E-state index contributed by atoms with van der Waals surface area (Å²) in [6.07, 6.45) is 1.10. The third-order valence-corrected chi connectivity index (χ3v) is 5.86. The van der Waals surface area contributed by atoms with Gasteiger partial charge in [0.15, 0.2) is 5.84 Å². The average Bonchev–Trinajstić information content (AvgIpc) is 2.93. The number of nitrogens with one attached hydrogen (secondary N) is 2. The van der Waals surface area contributed by atoms with Gasteiger partial charge in [-0.2, -0.15) is 0 Å². The molecule has 210 valence electrons. The zero-order valence-electron chi connectivity index (χ0n) is 21.8. The highest BCUT2D eigenvalue weighted by atomic mass is 16.6. The van der Waals surface area contributed by atoms with Crippen molar-refractivity contribution in [3.8, 4) is 0 Å². The molecule has 1 saturated heterocycles. The van der Waals surface area contributed by atoms with Crippen LogP contribution in [-0.4, -0.2) is 91.4 Å². The van der Waals surface area contributed by atoms with E-state index >= 15 is 0 Å². The normalized spacial score (nSPS) is 14.9. The maximum atomic E-state index is 13.4. The number of hydrogen-bond acceptors (Lipinski definition) is 9. The lowest BCUT2D eigenvalue weighted by molar-refractivity contribution is -0.152. The lowest BCUT2D eigenvalue weighted by Crippen LogP contribution is -2.51. The molecule has 0 spiro atoms. The molecule has 0 aliphatic carbocycles. The van der Waals surface area contributed by atoms with Crippen molar-refractivity contribution in [3.05, 3.63) is 35.4 Å². The zero-order chi connectivity index (χ0) is 27.9. The summed E-state index contributed by atoms with van der Waals surface area (Å²) in [5, 5.41) is 17.1. The molecule has 13 nitrogen and oxygen atoms in total. The number of carbonyl (C=O) groups is 4. The fourth-order valence-electron chi connectivity index (χ4n) is 3.88. The van der Waals surface area contributed by atoms with Gasteiger partial charge in [-0.15, -0.1) is 0 Å². The SMILES string of the molecule is CCOC(=O)COC1CCN(C(=O)[C@H](CCCNC(=O)OCC)NC(=O)c2ccc(/C(N)=N/O)cc2)CC1. The summed E-state index contributed by atoms with van der Waals surface area (Å²) in [5.41, 5.74) is 6.31. The molecule has 3 amide bonds. The quantitative estimate of drug-likeness (QED) is 0.0714. The minimum absolute atomic E-state index is 0.0891. The van der Waals surface area contributed by atoms with Crippen LogP contribution in [0, 0.1) is 0 Å². The topological polar surface area (TPSA) is 182 Å². The molecule has 1 aliphatic rings. The Morgan fingerprint density at radius 1 is 1.08 bits per heavy atom. The lowest BCUT2D eigenvalue weighted by Gasteiger charge is -2.34. The van der Waals surface area contributed by atoms with Crippen LogP contribution in [0.3, 0.4) is 0 Å². The average molecular weight is 536 g/mol. The van der Waals surface area contributed by atoms with Gasteiger partial charge in [-0.25, -0.2) is 9.59 Å². The first kappa shape index (κ1) is 30.4. The van der Waals surface area contributed by atoms with E-state index in [1.807, 2.05) is 0 Å². The van der Waals surface area contributed by atoms with Crippen LogP contribution >= 0.6 is 0 Å². The van der Waals surface area contributed by atoms with Crippen molar-refractivity contribution < 1.29 is 38.6 Å². The van der Waals surface area contributed by atoms with Gasteiger partial charge in [0, 0.05) is 30.8 Å². The molecule has 0 bridgehead atoms. The molecular formula is C25H37N5O8. The van der Waals surface area contributed by atoms with Crippen LogP contribution in [0.25, 0.3) is 0 Å². The molecule has 1 aliphatic heterocycles. The summed E-state index contributed by atoms with van der Waals surface area (Å²) in [5.74, 6) is -1.22. The van der Waals surface area contributed by atoms with E-state index in [9.17, 15) is 19.2 Å². The number of oxime groups is 1. The van der Waals surface area contributed by atoms with Gasteiger partial charge in [-0.1, -0.05) is 17.3 Å². The molecule has 0 unspecified atom stereocenters. The number of benzene rings is 1. The van der Waals surface area contributed by atoms with E-state index in [1.165, 1.54) is 24.3 Å². The van der Waals surface area contributed by atoms with E-state index in [0.717, 1.165) is 0 Å². The number of esters is 1. The standard InChI is InChI=1S/C25H37N5O8/c1-3-36-21(31)16-38-19-11-14-30(15-12-19)24(33)20(6-5-13-27-25(34)37-4-2)28-23(32)18-9-7-17(8-10-18)22(26)29-35/h7-10,19-20,35H,3-6,11-16H2,1-2H3,(H2,26,29)(H,27,34)(H,28,32)/t20-/m0/s1. The van der Waals surface area contributed by atoms with Crippen LogP contribution in [-0.2, 0) is 23.8 Å². The van der Waals surface area contributed by atoms with Crippen LogP contribution in [0.15, 0.2) is 29.4 Å². The molecule has 13 heteroatoms. The Balaban J connectivity index is 1.99. The van der Waals surface area contributed by atoms with Gasteiger partial charge in [-0.05, 0) is 51.7 Å².